The lowest BCUT2D eigenvalue weighted by Gasteiger charge is -2.28. The summed E-state index contributed by atoms with van der Waals surface area (Å²) >= 11 is 0. The Morgan fingerprint density at radius 1 is 0.662 bits per heavy atom. The first kappa shape index (κ1) is 60.8. The van der Waals surface area contributed by atoms with Gasteiger partial charge >= 0.3 is 0 Å². The van der Waals surface area contributed by atoms with E-state index in [1.807, 2.05) is 18.2 Å². The Labute approximate surface area is 444 Å². The number of H-pyrrole nitrogens is 1. The summed E-state index contributed by atoms with van der Waals surface area (Å²) in [7, 11) is 0. The summed E-state index contributed by atoms with van der Waals surface area (Å²) in [6, 6.07) is 5.80. The van der Waals surface area contributed by atoms with Crippen LogP contribution in [-0.2, 0) is 60.8 Å². The number of fused-ring (bicyclic) bond motifs is 1. The molecule has 10 amide bonds. The number of nitrogens with two attached hydrogens (primary N) is 6. The summed E-state index contributed by atoms with van der Waals surface area (Å²) < 4.78 is 0. The lowest BCUT2D eigenvalue weighted by molar-refractivity contribution is -0.136. The Morgan fingerprint density at radius 2 is 1.25 bits per heavy atom. The van der Waals surface area contributed by atoms with Crippen molar-refractivity contribution in [1.82, 2.24) is 47.5 Å². The fourth-order valence-electron chi connectivity index (χ4n) is 8.40. The Morgan fingerprint density at radius 3 is 1.90 bits per heavy atom. The molecular formula is C50H73N17O10. The molecule has 1 fully saturated rings. The number of carbonyl (C=O) groups is 10. The predicted molar refractivity (Wildman–Crippen MR) is 285 cm³/mol. The molecule has 1 aromatic heterocycles. The number of rotatable bonds is 19. The number of aliphatic imine (C=N–C) groups is 2. The second-order valence-electron chi connectivity index (χ2n) is 18.6. The highest BCUT2D eigenvalue weighted by Crippen LogP contribution is 2.20. The molecule has 1 saturated heterocycles. The van der Waals surface area contributed by atoms with Crippen molar-refractivity contribution in [1.29, 1.82) is 0 Å². The van der Waals surface area contributed by atoms with E-state index in [1.54, 1.807) is 42.6 Å². The standard InChI is InChI=1S/C50H73N17O10/c1-28(68)61-34(17-10-22-58-49(53)54)43(72)67-39-26-41(70)57-21-9-3-6-16-33(42(52)71)62-47(76)38(25-30-27-60-32-15-8-7-14-31(30)32)66-44(73)35(18-11-23-59-50(55)56)63-46(75)37(24-29-12-4-2-5-13-29)65-45(74)36(64-48(39)77)19-20-40(51)69/h2,4-5,7-8,12-15,27,33-39,60H,3,6,9-11,16-26H2,1H3,(H2,51,69)(H2,52,71)(H,57,70)(H,61,68)(H,62,76)(H,63,75)(H,64,77)(H,65,74)(H,66,73)(H,67,72)(H4,53,54,58)(H4,55,56,59)/t33-,34-,35-,36-,37+,38-,39-/m0/s1. The van der Waals surface area contributed by atoms with Gasteiger partial charge in [-0.1, -0.05) is 61.4 Å². The second-order valence-corrected chi connectivity index (χ2v) is 18.6. The zero-order chi connectivity index (χ0) is 56.4. The van der Waals surface area contributed by atoms with Gasteiger partial charge in [-0.2, -0.15) is 0 Å². The number of nitrogens with one attached hydrogen (secondary N) is 9. The molecule has 418 valence electrons. The summed E-state index contributed by atoms with van der Waals surface area (Å²) in [5, 5.41) is 21.8. The molecule has 2 heterocycles. The number of aromatic nitrogens is 1. The number of hydrogen-bond donors (Lipinski definition) is 15. The van der Waals surface area contributed by atoms with E-state index in [-0.39, 0.29) is 76.5 Å². The van der Waals surface area contributed by atoms with Crippen molar-refractivity contribution in [2.24, 2.45) is 44.4 Å². The third-order valence-electron chi connectivity index (χ3n) is 12.4. The molecule has 4 rings (SSSR count). The van der Waals surface area contributed by atoms with E-state index < -0.39 is 121 Å². The van der Waals surface area contributed by atoms with Crippen LogP contribution in [0.25, 0.3) is 10.9 Å². The van der Waals surface area contributed by atoms with Crippen LogP contribution >= 0.6 is 0 Å². The van der Waals surface area contributed by atoms with Crippen molar-refractivity contribution < 1.29 is 47.9 Å². The maximum atomic E-state index is 14.6. The van der Waals surface area contributed by atoms with Gasteiger partial charge in [0, 0.05) is 62.9 Å². The van der Waals surface area contributed by atoms with Gasteiger partial charge in [0.05, 0.1) is 6.42 Å². The van der Waals surface area contributed by atoms with E-state index in [2.05, 4.69) is 57.5 Å². The van der Waals surface area contributed by atoms with E-state index in [4.69, 9.17) is 34.4 Å². The fraction of sp³-hybridized carbons (Fsp3) is 0.480. The fourth-order valence-corrected chi connectivity index (χ4v) is 8.40. The minimum absolute atomic E-state index is 0.00189. The molecule has 0 saturated carbocycles. The molecule has 1 aliphatic rings. The van der Waals surface area contributed by atoms with Gasteiger partial charge in [-0.15, -0.1) is 0 Å². The maximum Gasteiger partial charge on any atom is 0.243 e. The van der Waals surface area contributed by atoms with E-state index in [0.717, 1.165) is 10.9 Å². The van der Waals surface area contributed by atoms with E-state index in [9.17, 15) is 47.9 Å². The van der Waals surface area contributed by atoms with Gasteiger partial charge in [-0.25, -0.2) is 0 Å². The van der Waals surface area contributed by atoms with Crippen LogP contribution in [0.15, 0.2) is 70.8 Å². The van der Waals surface area contributed by atoms with E-state index >= 15 is 0 Å². The van der Waals surface area contributed by atoms with Crippen molar-refractivity contribution in [3.63, 3.8) is 0 Å². The Bertz CT molecular complexity index is 2600. The van der Waals surface area contributed by atoms with Crippen LogP contribution in [0.1, 0.15) is 88.7 Å². The first-order valence-electron chi connectivity index (χ1n) is 25.3. The minimum Gasteiger partial charge on any atom is -0.370 e. The molecule has 21 N–H and O–H groups in total. The predicted octanol–water partition coefficient (Wildman–Crippen LogP) is -3.70. The highest BCUT2D eigenvalue weighted by molar-refractivity contribution is 5.99. The molecule has 27 nitrogen and oxygen atoms in total. The molecular weight excluding hydrogens is 999 g/mol. The summed E-state index contributed by atoms with van der Waals surface area (Å²) in [5.41, 5.74) is 35.2. The van der Waals surface area contributed by atoms with Crippen LogP contribution in [0.2, 0.25) is 0 Å². The summed E-state index contributed by atoms with van der Waals surface area (Å²) in [5.74, 6) is -8.82. The Balaban J connectivity index is 1.77. The van der Waals surface area contributed by atoms with Gasteiger partial charge in [0.1, 0.15) is 42.3 Å². The molecule has 1 aliphatic heterocycles. The van der Waals surface area contributed by atoms with Gasteiger partial charge in [0.25, 0.3) is 0 Å². The smallest absolute Gasteiger partial charge is 0.243 e. The van der Waals surface area contributed by atoms with Crippen molar-refractivity contribution in [2.45, 2.75) is 133 Å². The van der Waals surface area contributed by atoms with Crippen molar-refractivity contribution >= 4 is 81.9 Å². The molecule has 0 bridgehead atoms. The molecule has 0 unspecified atom stereocenters. The molecule has 7 atom stereocenters. The first-order chi connectivity index (χ1) is 36.7. The van der Waals surface area contributed by atoms with Crippen molar-refractivity contribution in [3.8, 4) is 0 Å². The van der Waals surface area contributed by atoms with Crippen LogP contribution in [0.4, 0.5) is 0 Å². The quantitative estimate of drug-likeness (QED) is 0.0312. The summed E-state index contributed by atoms with van der Waals surface area (Å²) in [6.07, 6.45) is 1.33. The second kappa shape index (κ2) is 31.2. The largest absolute Gasteiger partial charge is 0.370 e. The lowest BCUT2D eigenvalue weighted by Crippen LogP contribution is -2.60. The van der Waals surface area contributed by atoms with Gasteiger partial charge in [0.2, 0.25) is 59.1 Å². The number of hydrogen-bond acceptors (Lipinski definition) is 12. The zero-order valence-corrected chi connectivity index (χ0v) is 43.1. The molecule has 77 heavy (non-hydrogen) atoms. The topological polar surface area (TPSA) is 464 Å². The van der Waals surface area contributed by atoms with Crippen LogP contribution in [0.3, 0.4) is 0 Å². The number of primary amides is 2. The normalized spacial score (nSPS) is 20.9. The number of guanidine groups is 2. The Kier molecular flexibility index (Phi) is 24.6. The van der Waals surface area contributed by atoms with E-state index in [1.165, 1.54) is 6.92 Å². The number of carbonyl (C=O) groups excluding carboxylic acids is 10. The average molecular weight is 1070 g/mol. The monoisotopic (exact) mass is 1070 g/mol. The van der Waals surface area contributed by atoms with Crippen LogP contribution in [0, 0.1) is 0 Å². The average Bonchev–Trinajstić information content (AvgIpc) is 3.79. The minimum atomic E-state index is -1.69. The number of amides is 10. The lowest BCUT2D eigenvalue weighted by atomic mass is 10.0. The van der Waals surface area contributed by atoms with Crippen molar-refractivity contribution in [3.05, 3.63) is 71.9 Å². The highest BCUT2D eigenvalue weighted by atomic mass is 16.2. The van der Waals surface area contributed by atoms with Crippen molar-refractivity contribution in [2.75, 3.05) is 19.6 Å². The van der Waals surface area contributed by atoms with E-state index in [0.29, 0.717) is 30.4 Å². The van der Waals surface area contributed by atoms with Gasteiger partial charge in [-0.05, 0) is 62.1 Å². The van der Waals surface area contributed by atoms with Crippen LogP contribution in [0.5, 0.6) is 0 Å². The summed E-state index contributed by atoms with van der Waals surface area (Å²) in [4.78, 5) is 148. The molecule has 3 aromatic rings. The SMILES string of the molecule is CC(=O)N[C@@H](CCCN=C(N)N)C(=O)N[C@H]1CC(=O)NCCCCC[C@@H](C(N)=O)NC(=O)[C@H](Cc2c[nH]c3ccccc23)NC(=O)[C@H](CCCN=C(N)N)NC(=O)[C@@H](Cc2ccccc2)NC(=O)[C@H](CCC(N)=O)NC1=O. The maximum absolute atomic E-state index is 14.6. The van der Waals surface area contributed by atoms with Gasteiger partial charge in [-0.3, -0.25) is 57.9 Å². The molecule has 2 aromatic carbocycles. The molecule has 0 spiro atoms. The number of para-hydroxylation sites is 1. The Hall–Kier alpha value is -8.78. The number of nitrogens with zero attached hydrogens (tertiary/aromatic N) is 2. The first-order valence-corrected chi connectivity index (χ1v) is 25.3. The molecule has 0 radical (unpaired) electrons. The highest BCUT2D eigenvalue weighted by Gasteiger charge is 2.35. The number of benzene rings is 2. The third kappa shape index (κ3) is 21.5. The molecule has 27 heteroatoms. The number of aromatic amines is 1. The van der Waals surface area contributed by atoms with Crippen LogP contribution < -0.4 is 76.9 Å². The summed E-state index contributed by atoms with van der Waals surface area (Å²) in [6.45, 7) is 1.36. The van der Waals surface area contributed by atoms with Crippen LogP contribution in [-0.4, -0.2) is 138 Å². The third-order valence-corrected chi connectivity index (χ3v) is 12.4. The van der Waals surface area contributed by atoms with Gasteiger partial charge in [0.15, 0.2) is 11.9 Å². The van der Waals surface area contributed by atoms with Gasteiger partial charge < -0.3 is 81.9 Å². The molecule has 0 aliphatic carbocycles. The zero-order valence-electron chi connectivity index (χ0n) is 43.1.